The van der Waals surface area contributed by atoms with Crippen molar-refractivity contribution in [1.29, 1.82) is 0 Å². The Kier molecular flexibility index (Phi) is 5.11. The summed E-state index contributed by atoms with van der Waals surface area (Å²) in [7, 11) is 1.30. The van der Waals surface area contributed by atoms with Gasteiger partial charge >= 0.3 is 5.97 Å². The van der Waals surface area contributed by atoms with Gasteiger partial charge in [0.25, 0.3) is 5.69 Å². The maximum atomic E-state index is 11.7. The minimum absolute atomic E-state index is 0.0190. The van der Waals surface area contributed by atoms with Crippen molar-refractivity contribution in [3.8, 4) is 0 Å². The zero-order valence-electron chi connectivity index (χ0n) is 11.5. The lowest BCUT2D eigenvalue weighted by atomic mass is 10.1. The average Bonchev–Trinajstić information content (AvgIpc) is 2.47. The van der Waals surface area contributed by atoms with Gasteiger partial charge in [-0.25, -0.2) is 0 Å². The summed E-state index contributed by atoms with van der Waals surface area (Å²) in [6, 6.07) is 3.82. The molecule has 7 nitrogen and oxygen atoms in total. The van der Waals surface area contributed by atoms with Crippen LogP contribution in [0.1, 0.15) is 5.56 Å². The van der Waals surface area contributed by atoms with Crippen molar-refractivity contribution < 1.29 is 19.2 Å². The molecule has 0 N–H and O–H groups in total. The van der Waals surface area contributed by atoms with Crippen LogP contribution in [-0.4, -0.2) is 48.7 Å². The lowest BCUT2D eigenvalue weighted by Crippen LogP contribution is -2.49. The van der Waals surface area contributed by atoms with Gasteiger partial charge in [-0.3, -0.25) is 19.8 Å². The second-order valence-corrected chi connectivity index (χ2v) is 5.05. The highest BCUT2D eigenvalue weighted by atomic mass is 35.5. The first-order valence-electron chi connectivity index (χ1n) is 6.35. The number of nitrogens with zero attached hydrogens (tertiary/aromatic N) is 2. The molecule has 1 atom stereocenters. The van der Waals surface area contributed by atoms with Gasteiger partial charge in [0.05, 0.1) is 25.2 Å². The van der Waals surface area contributed by atoms with Crippen molar-refractivity contribution >= 4 is 23.3 Å². The fraction of sp³-hybridized carbons (Fsp3) is 0.462. The summed E-state index contributed by atoms with van der Waals surface area (Å²) in [5.41, 5.74) is 0.442. The number of hydrogen-bond donors (Lipinski definition) is 0. The molecule has 21 heavy (non-hydrogen) atoms. The van der Waals surface area contributed by atoms with Crippen LogP contribution in [-0.2, 0) is 20.8 Å². The number of ether oxygens (including phenoxy) is 2. The Bertz CT molecular complexity index is 551. The minimum Gasteiger partial charge on any atom is -0.468 e. The molecule has 0 aromatic heterocycles. The molecular formula is C13H15ClN2O5. The third kappa shape index (κ3) is 3.69. The van der Waals surface area contributed by atoms with Crippen molar-refractivity contribution in [2.45, 2.75) is 12.6 Å². The highest BCUT2D eigenvalue weighted by molar-refractivity contribution is 6.30. The molecule has 8 heteroatoms. The van der Waals surface area contributed by atoms with Crippen molar-refractivity contribution in [2.75, 3.05) is 26.9 Å². The van der Waals surface area contributed by atoms with Crippen LogP contribution in [0.25, 0.3) is 0 Å². The summed E-state index contributed by atoms with van der Waals surface area (Å²) < 4.78 is 10.0. The fourth-order valence-electron chi connectivity index (χ4n) is 2.26. The normalized spacial score (nSPS) is 19.2. The van der Waals surface area contributed by atoms with Crippen LogP contribution >= 0.6 is 11.6 Å². The standard InChI is InChI=1S/C13H15ClN2O5/c1-20-13(17)12-8-21-5-4-15(12)7-9-6-10(14)2-3-11(9)16(18)19/h2-3,6,12H,4-5,7-8H2,1H3. The van der Waals surface area contributed by atoms with E-state index in [2.05, 4.69) is 0 Å². The monoisotopic (exact) mass is 314 g/mol. The number of nitro groups is 1. The van der Waals surface area contributed by atoms with Gasteiger partial charge in [0.2, 0.25) is 0 Å². The predicted octanol–water partition coefficient (Wildman–Crippen LogP) is 1.62. The van der Waals surface area contributed by atoms with Crippen LogP contribution in [0.15, 0.2) is 18.2 Å². The van der Waals surface area contributed by atoms with Crippen molar-refractivity contribution in [3.63, 3.8) is 0 Å². The molecule has 2 rings (SSSR count). The minimum atomic E-state index is -0.567. The van der Waals surface area contributed by atoms with E-state index in [-0.39, 0.29) is 18.8 Å². The molecule has 1 unspecified atom stereocenters. The molecule has 1 aromatic carbocycles. The van der Waals surface area contributed by atoms with Crippen LogP contribution in [0.4, 0.5) is 5.69 Å². The van der Waals surface area contributed by atoms with E-state index < -0.39 is 16.9 Å². The maximum absolute atomic E-state index is 11.7. The van der Waals surface area contributed by atoms with E-state index in [1.807, 2.05) is 0 Å². The Hall–Kier alpha value is -1.70. The summed E-state index contributed by atoms with van der Waals surface area (Å²) in [4.78, 5) is 24.2. The maximum Gasteiger partial charge on any atom is 0.325 e. The number of methoxy groups -OCH3 is 1. The van der Waals surface area contributed by atoms with E-state index in [0.717, 1.165) is 0 Å². The van der Waals surface area contributed by atoms with Gasteiger partial charge in [-0.2, -0.15) is 0 Å². The number of morpholine rings is 1. The molecule has 114 valence electrons. The molecule has 0 amide bonds. The molecule has 0 radical (unpaired) electrons. The van der Waals surface area contributed by atoms with Gasteiger partial charge in [0.1, 0.15) is 6.04 Å². The molecule has 1 heterocycles. The molecule has 0 spiro atoms. The largest absolute Gasteiger partial charge is 0.468 e. The number of nitro benzene ring substituents is 1. The molecule has 1 aliphatic rings. The topological polar surface area (TPSA) is 81.9 Å². The van der Waals surface area contributed by atoms with Gasteiger partial charge in [-0.05, 0) is 12.1 Å². The highest BCUT2D eigenvalue weighted by Gasteiger charge is 2.31. The first-order valence-corrected chi connectivity index (χ1v) is 6.73. The van der Waals surface area contributed by atoms with Crippen LogP contribution in [0.3, 0.4) is 0 Å². The Labute approximate surface area is 126 Å². The van der Waals surface area contributed by atoms with E-state index >= 15 is 0 Å². The van der Waals surface area contributed by atoms with E-state index in [1.165, 1.54) is 19.2 Å². The molecule has 1 fully saturated rings. The first kappa shape index (κ1) is 15.7. The smallest absolute Gasteiger partial charge is 0.325 e. The molecular weight excluding hydrogens is 300 g/mol. The average molecular weight is 315 g/mol. The van der Waals surface area contributed by atoms with Crippen LogP contribution < -0.4 is 0 Å². The quantitative estimate of drug-likeness (QED) is 0.477. The molecule has 0 saturated carbocycles. The van der Waals surface area contributed by atoms with Crippen molar-refractivity contribution in [1.82, 2.24) is 4.90 Å². The van der Waals surface area contributed by atoms with Crippen LogP contribution in [0.5, 0.6) is 0 Å². The molecule has 0 aliphatic carbocycles. The Balaban J connectivity index is 2.24. The summed E-state index contributed by atoms with van der Waals surface area (Å²) in [5.74, 6) is -0.417. The highest BCUT2D eigenvalue weighted by Crippen LogP contribution is 2.25. The first-order chi connectivity index (χ1) is 10.0. The van der Waals surface area contributed by atoms with Gasteiger partial charge in [0.15, 0.2) is 0 Å². The molecule has 1 saturated heterocycles. The summed E-state index contributed by atoms with van der Waals surface area (Å²) in [6.07, 6.45) is 0. The number of carbonyl (C=O) groups excluding carboxylic acids is 1. The second kappa shape index (κ2) is 6.84. The van der Waals surface area contributed by atoms with Crippen molar-refractivity contribution in [2.24, 2.45) is 0 Å². The van der Waals surface area contributed by atoms with Crippen molar-refractivity contribution in [3.05, 3.63) is 38.9 Å². The van der Waals surface area contributed by atoms with Crippen LogP contribution in [0, 0.1) is 10.1 Å². The van der Waals surface area contributed by atoms with E-state index in [0.29, 0.717) is 23.7 Å². The fourth-order valence-corrected chi connectivity index (χ4v) is 2.45. The van der Waals surface area contributed by atoms with E-state index in [4.69, 9.17) is 21.1 Å². The van der Waals surface area contributed by atoms with Gasteiger partial charge in [-0.1, -0.05) is 11.6 Å². The zero-order valence-corrected chi connectivity index (χ0v) is 12.2. The number of carbonyl (C=O) groups is 1. The predicted molar refractivity (Wildman–Crippen MR) is 75.1 cm³/mol. The molecule has 1 aromatic rings. The van der Waals surface area contributed by atoms with Gasteiger partial charge in [-0.15, -0.1) is 0 Å². The van der Waals surface area contributed by atoms with Gasteiger partial charge < -0.3 is 9.47 Å². The van der Waals surface area contributed by atoms with E-state index in [1.54, 1.807) is 11.0 Å². The summed E-state index contributed by atoms with van der Waals surface area (Å²) in [6.45, 7) is 1.40. The second-order valence-electron chi connectivity index (χ2n) is 4.61. The lowest BCUT2D eigenvalue weighted by molar-refractivity contribution is -0.385. The molecule has 0 bridgehead atoms. The number of hydrogen-bond acceptors (Lipinski definition) is 6. The lowest BCUT2D eigenvalue weighted by Gasteiger charge is -2.33. The molecule has 1 aliphatic heterocycles. The number of halogens is 1. The number of rotatable bonds is 4. The SMILES string of the molecule is COC(=O)C1COCCN1Cc1cc(Cl)ccc1[N+](=O)[O-]. The summed E-state index contributed by atoms with van der Waals surface area (Å²) >= 11 is 5.91. The van der Waals surface area contributed by atoms with E-state index in [9.17, 15) is 14.9 Å². The Morgan fingerprint density at radius 3 is 3.05 bits per heavy atom. The third-order valence-electron chi connectivity index (χ3n) is 3.32. The Morgan fingerprint density at radius 2 is 2.38 bits per heavy atom. The summed E-state index contributed by atoms with van der Waals surface area (Å²) in [5, 5.41) is 11.5. The number of benzene rings is 1. The third-order valence-corrected chi connectivity index (χ3v) is 3.56. The Morgan fingerprint density at radius 1 is 1.62 bits per heavy atom. The zero-order chi connectivity index (χ0) is 15.4. The van der Waals surface area contributed by atoms with Gasteiger partial charge in [0, 0.05) is 29.7 Å². The van der Waals surface area contributed by atoms with Crippen LogP contribution in [0.2, 0.25) is 5.02 Å². The number of esters is 1.